The fourth-order valence-corrected chi connectivity index (χ4v) is 1.63. The lowest BCUT2D eigenvalue weighted by Crippen LogP contribution is -2.36. The van der Waals surface area contributed by atoms with Crippen molar-refractivity contribution < 1.29 is 9.53 Å². The van der Waals surface area contributed by atoms with Crippen molar-refractivity contribution in [1.82, 2.24) is 10.2 Å². The Bertz CT molecular complexity index is 430. The normalized spacial score (nSPS) is 10.9. The molecule has 0 atom stereocenters. The molecule has 112 valence electrons. The van der Waals surface area contributed by atoms with Crippen LogP contribution in [0.25, 0.3) is 0 Å². The summed E-state index contributed by atoms with van der Waals surface area (Å²) in [7, 11) is 1.79. The van der Waals surface area contributed by atoms with Crippen molar-refractivity contribution in [2.45, 2.75) is 46.3 Å². The third kappa shape index (κ3) is 5.21. The van der Waals surface area contributed by atoms with Gasteiger partial charge in [-0.3, -0.25) is 4.79 Å². The van der Waals surface area contributed by atoms with Gasteiger partial charge in [0, 0.05) is 31.2 Å². The Balaban J connectivity index is 2.61. The van der Waals surface area contributed by atoms with E-state index < -0.39 is 0 Å². The van der Waals surface area contributed by atoms with Crippen LogP contribution in [0.2, 0.25) is 0 Å². The number of benzene rings is 1. The molecule has 0 unspecified atom stereocenters. The Morgan fingerprint density at radius 1 is 1.25 bits per heavy atom. The molecule has 0 aliphatic heterocycles. The van der Waals surface area contributed by atoms with Gasteiger partial charge in [0.1, 0.15) is 5.75 Å². The summed E-state index contributed by atoms with van der Waals surface area (Å²) >= 11 is 0. The van der Waals surface area contributed by atoms with E-state index in [0.717, 1.165) is 17.9 Å². The average molecular weight is 278 g/mol. The van der Waals surface area contributed by atoms with Crippen molar-refractivity contribution in [2.75, 3.05) is 13.7 Å². The third-order valence-electron chi connectivity index (χ3n) is 3.19. The molecule has 1 aromatic rings. The van der Waals surface area contributed by atoms with E-state index in [4.69, 9.17) is 4.74 Å². The van der Waals surface area contributed by atoms with Crippen LogP contribution < -0.4 is 10.1 Å². The molecule has 1 N–H and O–H groups in total. The van der Waals surface area contributed by atoms with Gasteiger partial charge in [0.15, 0.2) is 6.61 Å². The zero-order chi connectivity index (χ0) is 15.1. The molecule has 0 radical (unpaired) electrons. The van der Waals surface area contributed by atoms with E-state index in [1.165, 1.54) is 0 Å². The van der Waals surface area contributed by atoms with Crippen LogP contribution in [0.15, 0.2) is 24.3 Å². The molecule has 0 aliphatic rings. The summed E-state index contributed by atoms with van der Waals surface area (Å²) in [6.45, 7) is 8.99. The largest absolute Gasteiger partial charge is 0.483 e. The van der Waals surface area contributed by atoms with E-state index in [0.29, 0.717) is 6.04 Å². The van der Waals surface area contributed by atoms with Crippen LogP contribution in [-0.4, -0.2) is 36.5 Å². The van der Waals surface area contributed by atoms with Crippen LogP contribution in [0.3, 0.4) is 0 Å². The highest BCUT2D eigenvalue weighted by molar-refractivity contribution is 5.77. The molecule has 0 fully saturated rings. The molecule has 0 spiro atoms. The maximum Gasteiger partial charge on any atom is 0.260 e. The Morgan fingerprint density at radius 2 is 1.90 bits per heavy atom. The van der Waals surface area contributed by atoms with Crippen molar-refractivity contribution in [3.63, 3.8) is 0 Å². The minimum Gasteiger partial charge on any atom is -0.483 e. The Labute approximate surface area is 122 Å². The number of hydrogen-bond acceptors (Lipinski definition) is 3. The summed E-state index contributed by atoms with van der Waals surface area (Å²) in [5, 5.41) is 3.36. The molecule has 1 amide bonds. The first-order valence-electron chi connectivity index (χ1n) is 7.11. The number of likely N-dealkylation sites (N-methyl/N-ethyl adjacent to an activating group) is 1. The minimum absolute atomic E-state index is 0.00776. The summed E-state index contributed by atoms with van der Waals surface area (Å²) in [5.74, 6) is 0.762. The van der Waals surface area contributed by atoms with Gasteiger partial charge in [0.2, 0.25) is 0 Å². The number of hydrogen-bond donors (Lipinski definition) is 1. The maximum atomic E-state index is 11.9. The zero-order valence-electron chi connectivity index (χ0n) is 13.1. The monoisotopic (exact) mass is 278 g/mol. The van der Waals surface area contributed by atoms with Gasteiger partial charge >= 0.3 is 0 Å². The van der Waals surface area contributed by atoms with Crippen LogP contribution in [-0.2, 0) is 11.3 Å². The van der Waals surface area contributed by atoms with Gasteiger partial charge in [0.25, 0.3) is 5.91 Å². The molecule has 4 nitrogen and oxygen atoms in total. The molecule has 0 saturated carbocycles. The molecule has 0 aromatic heterocycles. The zero-order valence-corrected chi connectivity index (χ0v) is 13.1. The fourth-order valence-electron chi connectivity index (χ4n) is 1.63. The van der Waals surface area contributed by atoms with Crippen molar-refractivity contribution >= 4 is 5.91 Å². The molecule has 4 heteroatoms. The second-order valence-electron chi connectivity index (χ2n) is 5.53. The minimum atomic E-state index is -0.00776. The summed E-state index contributed by atoms with van der Waals surface area (Å²) in [4.78, 5) is 13.6. The molecule has 0 saturated heterocycles. The van der Waals surface area contributed by atoms with E-state index in [2.05, 4.69) is 19.2 Å². The lowest BCUT2D eigenvalue weighted by molar-refractivity contribution is -0.133. The Kier molecular flexibility index (Phi) is 6.52. The first-order chi connectivity index (χ1) is 9.41. The summed E-state index contributed by atoms with van der Waals surface area (Å²) in [5.41, 5.74) is 1.07. The molecule has 0 bridgehead atoms. The van der Waals surface area contributed by atoms with E-state index in [1.54, 1.807) is 11.9 Å². The second-order valence-corrected chi connectivity index (χ2v) is 5.53. The fraction of sp³-hybridized carbons (Fsp3) is 0.562. The Hall–Kier alpha value is -1.55. The molecular weight excluding hydrogens is 252 g/mol. The van der Waals surface area contributed by atoms with Crippen molar-refractivity contribution in [3.05, 3.63) is 29.8 Å². The molecule has 1 aromatic carbocycles. The molecule has 0 aliphatic carbocycles. The van der Waals surface area contributed by atoms with Crippen LogP contribution in [0.1, 0.15) is 33.3 Å². The average Bonchev–Trinajstić information content (AvgIpc) is 2.42. The molecular formula is C16H26N2O2. The first kappa shape index (κ1) is 16.5. The van der Waals surface area contributed by atoms with Gasteiger partial charge in [-0.1, -0.05) is 32.0 Å². The van der Waals surface area contributed by atoms with Gasteiger partial charge in [-0.2, -0.15) is 0 Å². The smallest absolute Gasteiger partial charge is 0.260 e. The molecule has 1 rings (SSSR count). The predicted molar refractivity (Wildman–Crippen MR) is 81.8 cm³/mol. The number of rotatable bonds is 7. The van der Waals surface area contributed by atoms with Gasteiger partial charge in [-0.05, 0) is 19.9 Å². The van der Waals surface area contributed by atoms with Gasteiger partial charge in [0.05, 0.1) is 0 Å². The predicted octanol–water partition coefficient (Wildman–Crippen LogP) is 2.43. The standard InChI is InChI=1S/C16H26N2O2/c1-12(2)17-10-14-8-6-7-9-15(14)20-11-16(19)18(5)13(3)4/h6-9,12-13,17H,10-11H2,1-5H3. The topological polar surface area (TPSA) is 41.6 Å². The first-order valence-corrected chi connectivity index (χ1v) is 7.11. The number of nitrogens with one attached hydrogen (secondary N) is 1. The van der Waals surface area contributed by atoms with Crippen molar-refractivity contribution in [1.29, 1.82) is 0 Å². The third-order valence-corrected chi connectivity index (χ3v) is 3.19. The van der Waals surface area contributed by atoms with Crippen LogP contribution in [0.5, 0.6) is 5.75 Å². The number of ether oxygens (including phenoxy) is 1. The Morgan fingerprint density at radius 3 is 2.50 bits per heavy atom. The lowest BCUT2D eigenvalue weighted by atomic mass is 10.2. The second kappa shape index (κ2) is 7.90. The summed E-state index contributed by atoms with van der Waals surface area (Å²) in [6, 6.07) is 8.42. The van der Waals surface area contributed by atoms with E-state index in [1.807, 2.05) is 38.1 Å². The van der Waals surface area contributed by atoms with E-state index >= 15 is 0 Å². The van der Waals surface area contributed by atoms with Crippen LogP contribution >= 0.6 is 0 Å². The highest BCUT2D eigenvalue weighted by Gasteiger charge is 2.13. The SMILES string of the molecule is CC(C)NCc1ccccc1OCC(=O)N(C)C(C)C. The van der Waals surface area contributed by atoms with Crippen LogP contribution in [0, 0.1) is 0 Å². The number of para-hydroxylation sites is 1. The lowest BCUT2D eigenvalue weighted by Gasteiger charge is -2.22. The van der Waals surface area contributed by atoms with E-state index in [9.17, 15) is 4.79 Å². The number of carbonyl (C=O) groups is 1. The highest BCUT2D eigenvalue weighted by Crippen LogP contribution is 2.18. The van der Waals surface area contributed by atoms with Crippen molar-refractivity contribution in [3.8, 4) is 5.75 Å². The quantitative estimate of drug-likeness (QED) is 0.833. The highest BCUT2D eigenvalue weighted by atomic mass is 16.5. The van der Waals surface area contributed by atoms with Gasteiger partial charge in [-0.25, -0.2) is 0 Å². The number of nitrogens with zero attached hydrogens (tertiary/aromatic N) is 1. The van der Waals surface area contributed by atoms with Crippen LogP contribution in [0.4, 0.5) is 0 Å². The number of carbonyl (C=O) groups excluding carboxylic acids is 1. The maximum absolute atomic E-state index is 11.9. The van der Waals surface area contributed by atoms with Crippen molar-refractivity contribution in [2.24, 2.45) is 0 Å². The summed E-state index contributed by atoms with van der Waals surface area (Å²) in [6.07, 6.45) is 0. The van der Waals surface area contributed by atoms with E-state index in [-0.39, 0.29) is 18.6 Å². The number of amides is 1. The molecule has 0 heterocycles. The van der Waals surface area contributed by atoms with Gasteiger partial charge in [-0.15, -0.1) is 0 Å². The molecule has 20 heavy (non-hydrogen) atoms. The van der Waals surface area contributed by atoms with Gasteiger partial charge < -0.3 is 15.0 Å². The summed E-state index contributed by atoms with van der Waals surface area (Å²) < 4.78 is 5.67.